The highest BCUT2D eigenvalue weighted by Crippen LogP contribution is 2.25. The fourth-order valence-electron chi connectivity index (χ4n) is 4.56. The molecule has 1 atom stereocenters. The molecular formula is C28H32N6O2. The molecule has 1 aliphatic heterocycles. The van der Waals surface area contributed by atoms with Crippen LogP contribution in [0.25, 0.3) is 5.65 Å². The smallest absolute Gasteiger partial charge is 0.257 e. The van der Waals surface area contributed by atoms with Crippen molar-refractivity contribution in [2.24, 2.45) is 0 Å². The van der Waals surface area contributed by atoms with Crippen molar-refractivity contribution in [3.05, 3.63) is 89.9 Å². The Balaban J connectivity index is 1.33. The van der Waals surface area contributed by atoms with Crippen molar-refractivity contribution in [2.75, 3.05) is 32.0 Å². The second-order valence-corrected chi connectivity index (χ2v) is 9.57. The van der Waals surface area contributed by atoms with Crippen molar-refractivity contribution in [1.29, 1.82) is 0 Å². The van der Waals surface area contributed by atoms with Crippen molar-refractivity contribution < 1.29 is 9.53 Å². The second-order valence-electron chi connectivity index (χ2n) is 9.57. The Kier molecular flexibility index (Phi) is 6.97. The summed E-state index contributed by atoms with van der Waals surface area (Å²) in [4.78, 5) is 17.8. The summed E-state index contributed by atoms with van der Waals surface area (Å²) < 4.78 is 7.63. The standard InChI is InChI=1S/C28H32N6O2/c1-20(2)36-24-12-10-23(11-13-24)29-28(35)22-9-14-26-30-31-27(34(26)18-22)25-19-33(16-15-32(25)3)17-21-7-5-4-6-8-21/h4-14,18,20,25H,15-17,19H2,1-3H3,(H,29,35)/t25-/m1/s1. The Bertz CT molecular complexity index is 1320. The molecule has 5 rings (SSSR count). The number of nitrogens with zero attached hydrogens (tertiary/aromatic N) is 5. The van der Waals surface area contributed by atoms with Crippen LogP contribution in [0.3, 0.4) is 0 Å². The van der Waals surface area contributed by atoms with Crippen LogP contribution in [0, 0.1) is 0 Å². The number of benzene rings is 2. The SMILES string of the molecule is CC(C)Oc1ccc(NC(=O)c2ccc3nnc([C@H]4CN(Cc5ccccc5)CCN4C)n3c2)cc1. The van der Waals surface area contributed by atoms with Crippen LogP contribution in [0.2, 0.25) is 0 Å². The molecule has 8 nitrogen and oxygen atoms in total. The van der Waals surface area contributed by atoms with Crippen molar-refractivity contribution in [1.82, 2.24) is 24.4 Å². The van der Waals surface area contributed by atoms with Gasteiger partial charge in [0, 0.05) is 38.1 Å². The van der Waals surface area contributed by atoms with Gasteiger partial charge in [0.2, 0.25) is 0 Å². The first-order valence-corrected chi connectivity index (χ1v) is 12.4. The third kappa shape index (κ3) is 5.40. The van der Waals surface area contributed by atoms with Crippen LogP contribution in [-0.4, -0.2) is 63.1 Å². The van der Waals surface area contributed by atoms with Crippen LogP contribution in [-0.2, 0) is 6.54 Å². The molecule has 1 fully saturated rings. The van der Waals surface area contributed by atoms with Crippen molar-refractivity contribution in [2.45, 2.75) is 32.5 Å². The number of piperazine rings is 1. The minimum atomic E-state index is -0.184. The van der Waals surface area contributed by atoms with E-state index in [4.69, 9.17) is 4.74 Å². The lowest BCUT2D eigenvalue weighted by Crippen LogP contribution is -2.46. The number of carbonyl (C=O) groups excluding carboxylic acids is 1. The first-order chi connectivity index (χ1) is 17.5. The molecule has 0 radical (unpaired) electrons. The Morgan fingerprint density at radius 2 is 1.81 bits per heavy atom. The minimum Gasteiger partial charge on any atom is -0.491 e. The molecule has 36 heavy (non-hydrogen) atoms. The molecule has 0 bridgehead atoms. The number of carbonyl (C=O) groups is 1. The summed E-state index contributed by atoms with van der Waals surface area (Å²) in [5.41, 5.74) is 3.29. The normalized spacial score (nSPS) is 16.9. The van der Waals surface area contributed by atoms with Crippen molar-refractivity contribution in [3.63, 3.8) is 0 Å². The van der Waals surface area contributed by atoms with Crippen LogP contribution >= 0.6 is 0 Å². The van der Waals surface area contributed by atoms with Gasteiger partial charge < -0.3 is 10.1 Å². The Morgan fingerprint density at radius 3 is 2.56 bits per heavy atom. The van der Waals surface area contributed by atoms with E-state index in [0.29, 0.717) is 11.3 Å². The zero-order valence-corrected chi connectivity index (χ0v) is 21.0. The van der Waals surface area contributed by atoms with Gasteiger partial charge in [-0.05, 0) is 62.9 Å². The third-order valence-electron chi connectivity index (χ3n) is 6.45. The quantitative estimate of drug-likeness (QED) is 0.423. The summed E-state index contributed by atoms with van der Waals surface area (Å²) in [5, 5.41) is 11.9. The molecule has 1 aliphatic rings. The lowest BCUT2D eigenvalue weighted by Gasteiger charge is -2.38. The van der Waals surface area contributed by atoms with Gasteiger partial charge >= 0.3 is 0 Å². The molecule has 1 N–H and O–H groups in total. The van der Waals surface area contributed by atoms with Gasteiger partial charge in [0.15, 0.2) is 11.5 Å². The van der Waals surface area contributed by atoms with Gasteiger partial charge in [-0.1, -0.05) is 30.3 Å². The maximum atomic E-state index is 13.0. The molecule has 186 valence electrons. The highest BCUT2D eigenvalue weighted by atomic mass is 16.5. The monoisotopic (exact) mass is 484 g/mol. The van der Waals surface area contributed by atoms with E-state index in [-0.39, 0.29) is 18.1 Å². The number of amides is 1. The van der Waals surface area contributed by atoms with Crippen LogP contribution in [0.4, 0.5) is 5.69 Å². The second kappa shape index (κ2) is 10.5. The average Bonchev–Trinajstić information content (AvgIpc) is 3.30. The molecule has 2 aromatic heterocycles. The molecule has 4 aromatic rings. The van der Waals surface area contributed by atoms with Crippen LogP contribution in [0.5, 0.6) is 5.75 Å². The summed E-state index contributed by atoms with van der Waals surface area (Å²) >= 11 is 0. The summed E-state index contributed by atoms with van der Waals surface area (Å²) in [6.07, 6.45) is 1.93. The molecule has 1 saturated heterocycles. The van der Waals surface area contributed by atoms with E-state index < -0.39 is 0 Å². The van der Waals surface area contributed by atoms with Crippen molar-refractivity contribution >= 4 is 17.2 Å². The van der Waals surface area contributed by atoms with E-state index in [1.165, 1.54) is 5.56 Å². The zero-order valence-electron chi connectivity index (χ0n) is 21.0. The summed E-state index contributed by atoms with van der Waals surface area (Å²) in [6.45, 7) is 7.63. The number of hydrogen-bond acceptors (Lipinski definition) is 6. The number of fused-ring (bicyclic) bond motifs is 1. The lowest BCUT2D eigenvalue weighted by atomic mass is 10.1. The Labute approximate surface area is 211 Å². The van der Waals surface area contributed by atoms with Gasteiger partial charge in [-0.25, -0.2) is 0 Å². The number of likely N-dealkylation sites (N-methyl/N-ethyl adjacent to an activating group) is 1. The number of anilines is 1. The molecule has 1 amide bonds. The van der Waals surface area contributed by atoms with Gasteiger partial charge in [0.25, 0.3) is 5.91 Å². The molecule has 0 spiro atoms. The maximum Gasteiger partial charge on any atom is 0.257 e. The number of hydrogen-bond donors (Lipinski definition) is 1. The molecule has 0 saturated carbocycles. The van der Waals surface area contributed by atoms with Gasteiger partial charge in [0.1, 0.15) is 5.75 Å². The molecule has 0 unspecified atom stereocenters. The van der Waals surface area contributed by atoms with E-state index in [9.17, 15) is 4.79 Å². The van der Waals surface area contributed by atoms with Gasteiger partial charge in [-0.15, -0.1) is 10.2 Å². The number of ether oxygens (including phenoxy) is 1. The minimum absolute atomic E-state index is 0.0734. The van der Waals surface area contributed by atoms with Crippen LogP contribution in [0.15, 0.2) is 72.9 Å². The van der Waals surface area contributed by atoms with Crippen LogP contribution in [0.1, 0.15) is 41.6 Å². The number of pyridine rings is 1. The van der Waals surface area contributed by atoms with E-state index in [1.807, 2.05) is 60.8 Å². The third-order valence-corrected chi connectivity index (χ3v) is 6.45. The zero-order chi connectivity index (χ0) is 25.1. The topological polar surface area (TPSA) is 75.0 Å². The lowest BCUT2D eigenvalue weighted by molar-refractivity contribution is 0.0852. The van der Waals surface area contributed by atoms with Gasteiger partial charge in [-0.3, -0.25) is 19.0 Å². The number of rotatable bonds is 7. The molecule has 2 aromatic carbocycles. The molecule has 3 heterocycles. The predicted octanol–water partition coefficient (Wildman–Crippen LogP) is 4.26. The fraction of sp³-hybridized carbons (Fsp3) is 0.321. The molecular weight excluding hydrogens is 452 g/mol. The first kappa shape index (κ1) is 24.0. The summed E-state index contributed by atoms with van der Waals surface area (Å²) in [7, 11) is 2.12. The fourth-order valence-corrected chi connectivity index (χ4v) is 4.56. The summed E-state index contributed by atoms with van der Waals surface area (Å²) in [5.74, 6) is 1.43. The highest BCUT2D eigenvalue weighted by Gasteiger charge is 2.29. The van der Waals surface area contributed by atoms with E-state index in [1.54, 1.807) is 6.07 Å². The number of aromatic nitrogens is 3. The number of nitrogens with one attached hydrogen (secondary N) is 1. The van der Waals surface area contributed by atoms with E-state index in [0.717, 1.165) is 43.4 Å². The largest absolute Gasteiger partial charge is 0.491 e. The van der Waals surface area contributed by atoms with E-state index in [2.05, 4.69) is 56.6 Å². The van der Waals surface area contributed by atoms with E-state index >= 15 is 0 Å². The first-order valence-electron chi connectivity index (χ1n) is 12.4. The van der Waals surface area contributed by atoms with Gasteiger partial charge in [0.05, 0.1) is 17.7 Å². The van der Waals surface area contributed by atoms with Crippen molar-refractivity contribution in [3.8, 4) is 5.75 Å². The predicted molar refractivity (Wildman–Crippen MR) is 140 cm³/mol. The Hall–Kier alpha value is -3.75. The highest BCUT2D eigenvalue weighted by molar-refractivity contribution is 6.04. The van der Waals surface area contributed by atoms with Crippen LogP contribution < -0.4 is 10.1 Å². The molecule has 0 aliphatic carbocycles. The average molecular weight is 485 g/mol. The van der Waals surface area contributed by atoms with Gasteiger partial charge in [-0.2, -0.15) is 0 Å². The summed E-state index contributed by atoms with van der Waals surface area (Å²) in [6, 6.07) is 21.6. The molecule has 8 heteroatoms. The Morgan fingerprint density at radius 1 is 1.03 bits per heavy atom. The maximum absolute atomic E-state index is 13.0.